The van der Waals surface area contributed by atoms with Crippen molar-refractivity contribution < 1.29 is 5.11 Å². The Morgan fingerprint density at radius 3 is 2.83 bits per heavy atom. The number of phenols is 1. The highest BCUT2D eigenvalue weighted by atomic mass is 16.3. The molecule has 2 heterocycles. The summed E-state index contributed by atoms with van der Waals surface area (Å²) in [6.45, 7) is 0. The molecule has 0 atom stereocenters. The predicted octanol–water partition coefficient (Wildman–Crippen LogP) is 2.37. The molecule has 3 aromatic rings. The topological polar surface area (TPSA) is 73.8 Å². The number of hydrogen-bond acceptors (Lipinski definition) is 4. The van der Waals surface area contributed by atoms with E-state index >= 15 is 0 Å². The summed E-state index contributed by atoms with van der Waals surface area (Å²) in [5.74, 6) is 1.69. The molecular weight excluding hydrogens is 228 g/mol. The average molecular weight is 240 g/mol. The van der Waals surface area contributed by atoms with E-state index in [2.05, 4.69) is 20.3 Å². The van der Waals surface area contributed by atoms with Crippen LogP contribution in [0.3, 0.4) is 0 Å². The molecule has 0 fully saturated rings. The van der Waals surface area contributed by atoms with E-state index in [1.54, 1.807) is 18.2 Å². The predicted molar refractivity (Wildman–Crippen MR) is 70.5 cm³/mol. The zero-order valence-corrected chi connectivity index (χ0v) is 9.81. The number of benzene rings is 1. The van der Waals surface area contributed by atoms with Gasteiger partial charge in [0.05, 0.1) is 5.52 Å². The van der Waals surface area contributed by atoms with Gasteiger partial charge in [0.1, 0.15) is 17.4 Å². The first kappa shape index (κ1) is 10.6. The van der Waals surface area contributed by atoms with E-state index in [9.17, 15) is 5.11 Å². The van der Waals surface area contributed by atoms with Crippen LogP contribution in [0.4, 0.5) is 5.82 Å². The Morgan fingerprint density at radius 2 is 2.06 bits per heavy atom. The molecule has 3 N–H and O–H groups in total. The van der Waals surface area contributed by atoms with Crippen LogP contribution in [-0.2, 0) is 0 Å². The number of aromatic amines is 1. The Morgan fingerprint density at radius 1 is 1.17 bits per heavy atom. The van der Waals surface area contributed by atoms with Crippen LogP contribution in [0.15, 0.2) is 36.4 Å². The van der Waals surface area contributed by atoms with E-state index in [0.29, 0.717) is 11.5 Å². The molecule has 0 aliphatic carbocycles. The lowest BCUT2D eigenvalue weighted by molar-refractivity contribution is 0.475. The summed E-state index contributed by atoms with van der Waals surface area (Å²) in [6, 6.07) is 10.8. The number of nitrogens with one attached hydrogen (secondary N) is 2. The molecule has 5 nitrogen and oxygen atoms in total. The highest BCUT2D eigenvalue weighted by Crippen LogP contribution is 2.23. The van der Waals surface area contributed by atoms with Crippen molar-refractivity contribution in [2.24, 2.45) is 0 Å². The second-order valence-electron chi connectivity index (χ2n) is 3.95. The molecule has 0 aliphatic heterocycles. The molecule has 0 spiro atoms. The number of phenolic OH excluding ortho intramolecular Hbond substituents is 1. The molecule has 5 heteroatoms. The number of H-pyrrole nitrogens is 1. The Kier molecular flexibility index (Phi) is 2.37. The number of rotatable bonds is 2. The maximum Gasteiger partial charge on any atom is 0.180 e. The van der Waals surface area contributed by atoms with Gasteiger partial charge in [0.15, 0.2) is 5.65 Å². The number of anilines is 1. The molecule has 0 unspecified atom stereocenters. The molecule has 0 aliphatic rings. The summed E-state index contributed by atoms with van der Waals surface area (Å²) in [5.41, 5.74) is 2.35. The Hall–Kier alpha value is -2.56. The first-order valence-corrected chi connectivity index (χ1v) is 5.60. The van der Waals surface area contributed by atoms with Gasteiger partial charge >= 0.3 is 0 Å². The van der Waals surface area contributed by atoms with E-state index in [4.69, 9.17) is 0 Å². The third-order valence-electron chi connectivity index (χ3n) is 2.72. The number of imidazole rings is 1. The van der Waals surface area contributed by atoms with Crippen molar-refractivity contribution in [3.63, 3.8) is 0 Å². The van der Waals surface area contributed by atoms with Gasteiger partial charge in [-0.25, -0.2) is 9.97 Å². The minimum absolute atomic E-state index is 0.219. The van der Waals surface area contributed by atoms with E-state index in [1.807, 2.05) is 25.2 Å². The van der Waals surface area contributed by atoms with Crippen LogP contribution < -0.4 is 5.32 Å². The highest BCUT2D eigenvalue weighted by Gasteiger charge is 2.07. The number of pyridine rings is 1. The minimum atomic E-state index is 0.219. The van der Waals surface area contributed by atoms with Crippen LogP contribution >= 0.6 is 0 Å². The van der Waals surface area contributed by atoms with Crippen LogP contribution in [0.25, 0.3) is 22.6 Å². The normalized spacial score (nSPS) is 10.7. The van der Waals surface area contributed by atoms with Crippen LogP contribution in [-0.4, -0.2) is 27.1 Å². The van der Waals surface area contributed by atoms with Gasteiger partial charge < -0.3 is 15.4 Å². The number of aromatic nitrogens is 3. The lowest BCUT2D eigenvalue weighted by Crippen LogP contribution is -1.91. The third-order valence-corrected chi connectivity index (χ3v) is 2.72. The fourth-order valence-electron chi connectivity index (χ4n) is 1.82. The van der Waals surface area contributed by atoms with Crippen LogP contribution in [0.1, 0.15) is 0 Å². The monoisotopic (exact) mass is 240 g/mol. The summed E-state index contributed by atoms with van der Waals surface area (Å²) in [7, 11) is 1.82. The van der Waals surface area contributed by atoms with E-state index < -0.39 is 0 Å². The van der Waals surface area contributed by atoms with Gasteiger partial charge in [-0.15, -0.1) is 0 Å². The average Bonchev–Trinajstić information content (AvgIpc) is 2.81. The summed E-state index contributed by atoms with van der Waals surface area (Å²) < 4.78 is 0. The summed E-state index contributed by atoms with van der Waals surface area (Å²) >= 11 is 0. The van der Waals surface area contributed by atoms with Crippen molar-refractivity contribution in [2.45, 2.75) is 0 Å². The van der Waals surface area contributed by atoms with E-state index in [-0.39, 0.29) is 5.75 Å². The molecule has 90 valence electrons. The zero-order chi connectivity index (χ0) is 12.5. The molecule has 18 heavy (non-hydrogen) atoms. The molecule has 2 aromatic heterocycles. The van der Waals surface area contributed by atoms with Gasteiger partial charge in [0.2, 0.25) is 0 Å². The minimum Gasteiger partial charge on any atom is -0.508 e. The Bertz CT molecular complexity index is 705. The summed E-state index contributed by atoms with van der Waals surface area (Å²) in [6.07, 6.45) is 0. The van der Waals surface area contributed by atoms with Crippen molar-refractivity contribution in [1.82, 2.24) is 15.0 Å². The number of nitrogens with zero attached hydrogens (tertiary/aromatic N) is 2. The first-order chi connectivity index (χ1) is 8.76. The molecule has 3 rings (SSSR count). The number of fused-ring (bicyclic) bond motifs is 1. The van der Waals surface area contributed by atoms with Crippen LogP contribution in [0.2, 0.25) is 0 Å². The highest BCUT2D eigenvalue weighted by molar-refractivity contribution is 5.77. The van der Waals surface area contributed by atoms with Gasteiger partial charge in [-0.1, -0.05) is 12.1 Å². The first-order valence-electron chi connectivity index (χ1n) is 5.60. The van der Waals surface area contributed by atoms with Gasteiger partial charge in [-0.2, -0.15) is 0 Å². The third kappa shape index (κ3) is 1.75. The number of aromatic hydroxyl groups is 1. The van der Waals surface area contributed by atoms with E-state index in [1.165, 1.54) is 0 Å². The van der Waals surface area contributed by atoms with Crippen LogP contribution in [0.5, 0.6) is 5.75 Å². The standard InChI is InChI=1S/C13H12N4O/c1-14-11-6-5-10-13(16-11)17-12(15-10)8-3-2-4-9(18)7-8/h2-7,18H,1H3,(H2,14,15,16,17). The number of hydrogen-bond donors (Lipinski definition) is 3. The molecule has 1 aromatic carbocycles. The summed E-state index contributed by atoms with van der Waals surface area (Å²) in [4.78, 5) is 11.9. The Balaban J connectivity index is 2.13. The van der Waals surface area contributed by atoms with Crippen LogP contribution in [0, 0.1) is 0 Å². The van der Waals surface area contributed by atoms with Crippen molar-refractivity contribution >= 4 is 17.0 Å². The zero-order valence-electron chi connectivity index (χ0n) is 9.81. The maximum absolute atomic E-state index is 9.46. The SMILES string of the molecule is CNc1ccc2[nH]c(-c3cccc(O)c3)nc2n1. The molecule has 0 saturated heterocycles. The van der Waals surface area contributed by atoms with Crippen molar-refractivity contribution in [1.29, 1.82) is 0 Å². The van der Waals surface area contributed by atoms with Gasteiger partial charge in [-0.3, -0.25) is 0 Å². The molecule has 0 saturated carbocycles. The quantitative estimate of drug-likeness (QED) is 0.643. The second-order valence-corrected chi connectivity index (χ2v) is 3.95. The van der Waals surface area contributed by atoms with Crippen molar-refractivity contribution in [3.05, 3.63) is 36.4 Å². The Labute approximate surface area is 104 Å². The maximum atomic E-state index is 9.46. The lowest BCUT2D eigenvalue weighted by atomic mass is 10.2. The fourth-order valence-corrected chi connectivity index (χ4v) is 1.82. The van der Waals surface area contributed by atoms with Crippen molar-refractivity contribution in [3.8, 4) is 17.1 Å². The van der Waals surface area contributed by atoms with Gasteiger partial charge in [-0.05, 0) is 24.3 Å². The second kappa shape index (κ2) is 4.03. The van der Waals surface area contributed by atoms with Gasteiger partial charge in [0.25, 0.3) is 0 Å². The molecular formula is C13H12N4O. The smallest absolute Gasteiger partial charge is 0.180 e. The lowest BCUT2D eigenvalue weighted by Gasteiger charge is -1.96. The molecule has 0 amide bonds. The molecule has 0 radical (unpaired) electrons. The van der Waals surface area contributed by atoms with E-state index in [0.717, 1.165) is 16.9 Å². The molecule has 0 bridgehead atoms. The largest absolute Gasteiger partial charge is 0.508 e. The van der Waals surface area contributed by atoms with Gasteiger partial charge in [0, 0.05) is 12.6 Å². The van der Waals surface area contributed by atoms with Crippen molar-refractivity contribution in [2.75, 3.05) is 12.4 Å². The summed E-state index contributed by atoms with van der Waals surface area (Å²) in [5, 5.41) is 12.4. The fraction of sp³-hybridized carbons (Fsp3) is 0.0769.